The third-order valence-corrected chi connectivity index (χ3v) is 3.76. The Kier molecular flexibility index (Phi) is 4.73. The molecule has 0 bridgehead atoms. The van der Waals surface area contributed by atoms with Gasteiger partial charge in [-0.2, -0.15) is 26.3 Å². The number of aliphatic hydroxyl groups is 1. The number of alkyl halides is 6. The van der Waals surface area contributed by atoms with Gasteiger partial charge in [0.05, 0.1) is 5.57 Å². The number of ketones is 1. The Labute approximate surface area is 138 Å². The lowest BCUT2D eigenvalue weighted by molar-refractivity contribution is -0.295. The molecule has 136 valence electrons. The highest BCUT2D eigenvalue weighted by atomic mass is 19.4. The van der Waals surface area contributed by atoms with Gasteiger partial charge in [-0.1, -0.05) is 30.3 Å². The van der Waals surface area contributed by atoms with Crippen molar-refractivity contribution in [1.29, 1.82) is 0 Å². The van der Waals surface area contributed by atoms with Crippen LogP contribution < -0.4 is 0 Å². The first kappa shape index (κ1) is 19.0. The molecule has 0 radical (unpaired) electrons. The second kappa shape index (κ2) is 6.21. The van der Waals surface area contributed by atoms with Crippen LogP contribution >= 0.6 is 0 Å². The molecule has 1 aromatic rings. The molecular weight excluding hydrogens is 352 g/mol. The molecule has 1 N–H and O–H groups in total. The maximum atomic E-state index is 13.6. The average molecular weight is 365 g/mol. The summed E-state index contributed by atoms with van der Waals surface area (Å²) in [6.07, 6.45) is -9.80. The first-order chi connectivity index (χ1) is 11.4. The molecule has 1 unspecified atom stereocenters. The molecule has 3 nitrogen and oxygen atoms in total. The Morgan fingerprint density at radius 1 is 1.08 bits per heavy atom. The molecule has 1 atom stereocenters. The van der Waals surface area contributed by atoms with Crippen LogP contribution in [-0.4, -0.2) is 33.9 Å². The standard InChI is InChI=1S/C16H13F6NO2/c1-10-7-8-12(13(24)15(17,18)19)14(25,16(20,21)22)23(10)9-11-5-3-2-4-6-11/h2-8,25H,9H2,1H3. The van der Waals surface area contributed by atoms with Gasteiger partial charge in [0.2, 0.25) is 0 Å². The van der Waals surface area contributed by atoms with E-state index in [0.29, 0.717) is 16.5 Å². The van der Waals surface area contributed by atoms with Gasteiger partial charge in [-0.3, -0.25) is 4.79 Å². The molecule has 0 aliphatic carbocycles. The number of halogens is 6. The number of carbonyl (C=O) groups excluding carboxylic acids is 1. The van der Waals surface area contributed by atoms with Gasteiger partial charge in [-0.25, -0.2) is 0 Å². The van der Waals surface area contributed by atoms with E-state index >= 15 is 0 Å². The van der Waals surface area contributed by atoms with Crippen LogP contribution in [0.3, 0.4) is 0 Å². The Hall–Kier alpha value is -2.29. The van der Waals surface area contributed by atoms with Gasteiger partial charge >= 0.3 is 12.4 Å². The predicted octanol–water partition coefficient (Wildman–Crippen LogP) is 3.71. The largest absolute Gasteiger partial charge is 0.454 e. The third-order valence-electron chi connectivity index (χ3n) is 3.76. The molecule has 0 saturated carbocycles. The van der Waals surface area contributed by atoms with E-state index in [1.165, 1.54) is 31.2 Å². The summed E-state index contributed by atoms with van der Waals surface area (Å²) in [6, 6.07) is 7.57. The Bertz CT molecular complexity index is 720. The van der Waals surface area contributed by atoms with E-state index in [4.69, 9.17) is 0 Å². The quantitative estimate of drug-likeness (QED) is 0.831. The zero-order chi connectivity index (χ0) is 19.0. The van der Waals surface area contributed by atoms with E-state index in [1.807, 2.05) is 0 Å². The minimum atomic E-state index is -5.55. The average Bonchev–Trinajstić information content (AvgIpc) is 2.50. The lowest BCUT2D eigenvalue weighted by Gasteiger charge is -2.45. The number of Topliss-reactive ketones (excluding diaryl/α,β-unsaturated/α-hetero) is 1. The number of benzene rings is 1. The number of rotatable bonds is 3. The topological polar surface area (TPSA) is 40.5 Å². The van der Waals surface area contributed by atoms with Crippen molar-refractivity contribution in [3.63, 3.8) is 0 Å². The number of allylic oxidation sites excluding steroid dienone is 3. The summed E-state index contributed by atoms with van der Waals surface area (Å²) in [5.74, 6) is -2.74. The maximum Gasteiger partial charge on any atom is 0.454 e. The smallest absolute Gasteiger partial charge is 0.360 e. The number of nitrogens with zero attached hydrogens (tertiary/aromatic N) is 1. The van der Waals surface area contributed by atoms with E-state index in [9.17, 15) is 36.2 Å². The maximum absolute atomic E-state index is 13.6. The van der Waals surface area contributed by atoms with Crippen molar-refractivity contribution in [2.45, 2.75) is 31.5 Å². The van der Waals surface area contributed by atoms with Gasteiger partial charge < -0.3 is 10.0 Å². The fraction of sp³-hybridized carbons (Fsp3) is 0.312. The molecular formula is C16H13F6NO2. The first-order valence-corrected chi connectivity index (χ1v) is 7.00. The van der Waals surface area contributed by atoms with Crippen molar-refractivity contribution in [1.82, 2.24) is 4.90 Å². The zero-order valence-corrected chi connectivity index (χ0v) is 12.8. The molecule has 0 fully saturated rings. The summed E-state index contributed by atoms with van der Waals surface area (Å²) in [6.45, 7) is 0.659. The summed E-state index contributed by atoms with van der Waals surface area (Å²) in [5.41, 5.74) is -5.69. The predicted molar refractivity (Wildman–Crippen MR) is 75.9 cm³/mol. The number of hydrogen-bond acceptors (Lipinski definition) is 3. The summed E-state index contributed by atoms with van der Waals surface area (Å²) in [5, 5.41) is 10.3. The molecule has 0 spiro atoms. The summed E-state index contributed by atoms with van der Waals surface area (Å²) in [4.78, 5) is 11.8. The van der Waals surface area contributed by atoms with E-state index in [0.717, 1.165) is 6.08 Å². The molecule has 0 saturated heterocycles. The molecule has 25 heavy (non-hydrogen) atoms. The van der Waals surface area contributed by atoms with Crippen molar-refractivity contribution < 1.29 is 36.2 Å². The van der Waals surface area contributed by atoms with Crippen LogP contribution in [0.4, 0.5) is 26.3 Å². The first-order valence-electron chi connectivity index (χ1n) is 7.00. The molecule has 0 aromatic heterocycles. The fourth-order valence-electron chi connectivity index (χ4n) is 2.51. The van der Waals surface area contributed by atoms with Crippen molar-refractivity contribution >= 4 is 5.78 Å². The van der Waals surface area contributed by atoms with Gasteiger partial charge in [-0.15, -0.1) is 0 Å². The minimum Gasteiger partial charge on any atom is -0.360 e. The van der Waals surface area contributed by atoms with Gasteiger partial charge in [-0.05, 0) is 24.6 Å². The van der Waals surface area contributed by atoms with Crippen LogP contribution in [0.1, 0.15) is 12.5 Å². The van der Waals surface area contributed by atoms with Crippen molar-refractivity contribution in [3.8, 4) is 0 Å². The molecule has 1 heterocycles. The van der Waals surface area contributed by atoms with E-state index in [2.05, 4.69) is 0 Å². The van der Waals surface area contributed by atoms with E-state index in [-0.39, 0.29) is 5.70 Å². The molecule has 9 heteroatoms. The minimum absolute atomic E-state index is 0.137. The van der Waals surface area contributed by atoms with Crippen molar-refractivity contribution in [2.75, 3.05) is 0 Å². The van der Waals surface area contributed by atoms with Gasteiger partial charge in [0.15, 0.2) is 0 Å². The van der Waals surface area contributed by atoms with E-state index < -0.39 is 36.0 Å². The van der Waals surface area contributed by atoms with Crippen LogP contribution in [0, 0.1) is 0 Å². The summed E-state index contributed by atoms with van der Waals surface area (Å²) < 4.78 is 78.8. The Balaban J connectivity index is 2.57. The molecule has 1 aliphatic rings. The second-order valence-electron chi connectivity index (χ2n) is 5.46. The lowest BCUT2D eigenvalue weighted by Crippen LogP contribution is -2.62. The summed E-state index contributed by atoms with van der Waals surface area (Å²) >= 11 is 0. The van der Waals surface area contributed by atoms with Crippen LogP contribution in [0.15, 0.2) is 53.8 Å². The molecule has 1 aliphatic heterocycles. The van der Waals surface area contributed by atoms with Gasteiger partial charge in [0, 0.05) is 12.2 Å². The van der Waals surface area contributed by atoms with Crippen LogP contribution in [0.25, 0.3) is 0 Å². The molecule has 1 aromatic carbocycles. The second-order valence-corrected chi connectivity index (χ2v) is 5.46. The molecule has 0 amide bonds. The monoisotopic (exact) mass is 365 g/mol. The van der Waals surface area contributed by atoms with Crippen LogP contribution in [-0.2, 0) is 11.3 Å². The van der Waals surface area contributed by atoms with Gasteiger partial charge in [0.1, 0.15) is 0 Å². The van der Waals surface area contributed by atoms with Crippen LogP contribution in [0.5, 0.6) is 0 Å². The van der Waals surface area contributed by atoms with Crippen molar-refractivity contribution in [2.24, 2.45) is 0 Å². The Morgan fingerprint density at radius 3 is 2.12 bits per heavy atom. The Morgan fingerprint density at radius 2 is 1.64 bits per heavy atom. The molecule has 2 rings (SSSR count). The highest BCUT2D eigenvalue weighted by Gasteiger charge is 2.65. The lowest BCUT2D eigenvalue weighted by atomic mass is 9.91. The number of carbonyl (C=O) groups is 1. The summed E-state index contributed by atoms with van der Waals surface area (Å²) in [7, 11) is 0. The van der Waals surface area contributed by atoms with E-state index in [1.54, 1.807) is 6.07 Å². The highest BCUT2D eigenvalue weighted by molar-refractivity contribution is 6.02. The fourth-order valence-corrected chi connectivity index (χ4v) is 2.51. The number of hydrogen-bond donors (Lipinski definition) is 1. The normalized spacial score (nSPS) is 21.7. The SMILES string of the molecule is CC1=CC=C(C(=O)C(F)(F)F)C(O)(C(F)(F)F)N1Cc1ccccc1. The zero-order valence-electron chi connectivity index (χ0n) is 12.8. The van der Waals surface area contributed by atoms with Gasteiger partial charge in [0.25, 0.3) is 11.5 Å². The van der Waals surface area contributed by atoms with Crippen molar-refractivity contribution in [3.05, 3.63) is 59.3 Å². The van der Waals surface area contributed by atoms with Crippen LogP contribution in [0.2, 0.25) is 0 Å². The third kappa shape index (κ3) is 3.41. The highest BCUT2D eigenvalue weighted by Crippen LogP contribution is 2.45.